The van der Waals surface area contributed by atoms with Crippen LogP contribution in [0.5, 0.6) is 0 Å². The zero-order valence-electron chi connectivity index (χ0n) is 11.7. The quantitative estimate of drug-likeness (QED) is 0.719. The predicted molar refractivity (Wildman–Crippen MR) is 78.2 cm³/mol. The molecule has 3 N–H and O–H groups in total. The molecule has 0 radical (unpaired) electrons. The lowest BCUT2D eigenvalue weighted by Crippen LogP contribution is -2.38. The van der Waals surface area contributed by atoms with Crippen LogP contribution in [0.3, 0.4) is 0 Å². The van der Waals surface area contributed by atoms with Gasteiger partial charge in [0.2, 0.25) is 0 Å². The lowest BCUT2D eigenvalue weighted by atomic mass is 9.98. The number of amides is 2. The van der Waals surface area contributed by atoms with E-state index < -0.39 is 5.97 Å². The minimum absolute atomic E-state index is 0.0275. The van der Waals surface area contributed by atoms with E-state index in [1.54, 1.807) is 0 Å². The third-order valence-corrected chi connectivity index (χ3v) is 4.97. The Morgan fingerprint density at radius 1 is 1.29 bits per heavy atom. The molecule has 2 saturated carbocycles. The Balaban J connectivity index is 1.40. The van der Waals surface area contributed by atoms with Gasteiger partial charge in [-0.2, -0.15) is 0 Å². The molecule has 6 nitrogen and oxygen atoms in total. The van der Waals surface area contributed by atoms with Crippen molar-refractivity contribution in [2.75, 3.05) is 6.54 Å². The van der Waals surface area contributed by atoms with E-state index in [0.717, 1.165) is 18.4 Å². The van der Waals surface area contributed by atoms with Gasteiger partial charge in [0.25, 0.3) is 0 Å². The highest BCUT2D eigenvalue weighted by Crippen LogP contribution is 2.48. The molecule has 2 aliphatic rings. The van der Waals surface area contributed by atoms with Crippen LogP contribution in [-0.2, 0) is 6.54 Å². The number of nitrogens with one attached hydrogen (secondary N) is 2. The fraction of sp³-hybridized carbons (Fsp3) is 0.643. The minimum atomic E-state index is -1.04. The Hall–Kier alpha value is -1.63. The van der Waals surface area contributed by atoms with Gasteiger partial charge < -0.3 is 15.7 Å². The highest BCUT2D eigenvalue weighted by atomic mass is 32.1. The molecule has 1 heterocycles. The lowest BCUT2D eigenvalue weighted by molar-refractivity contribution is 0.0691. The number of rotatable bonds is 7. The van der Waals surface area contributed by atoms with Crippen LogP contribution in [0.15, 0.2) is 5.38 Å². The molecule has 0 unspecified atom stereocenters. The van der Waals surface area contributed by atoms with Gasteiger partial charge in [-0.25, -0.2) is 14.6 Å². The number of hydrogen-bond acceptors (Lipinski definition) is 4. The van der Waals surface area contributed by atoms with Gasteiger partial charge in [0.1, 0.15) is 5.01 Å². The summed E-state index contributed by atoms with van der Waals surface area (Å²) in [5, 5.41) is 16.5. The average molecular weight is 309 g/mol. The first-order valence-electron chi connectivity index (χ1n) is 7.33. The average Bonchev–Trinajstić information content (AvgIpc) is 3.37. The van der Waals surface area contributed by atoms with Crippen molar-refractivity contribution in [3.63, 3.8) is 0 Å². The number of hydrogen-bond donors (Lipinski definition) is 3. The minimum Gasteiger partial charge on any atom is -0.476 e. The molecule has 114 valence electrons. The number of urea groups is 1. The van der Waals surface area contributed by atoms with Gasteiger partial charge in [0.15, 0.2) is 5.69 Å². The molecular weight excluding hydrogens is 290 g/mol. The first kappa shape index (κ1) is 14.3. The molecule has 2 aliphatic carbocycles. The van der Waals surface area contributed by atoms with E-state index >= 15 is 0 Å². The molecule has 0 bridgehead atoms. The van der Waals surface area contributed by atoms with Crippen molar-refractivity contribution in [1.82, 2.24) is 15.6 Å². The van der Waals surface area contributed by atoms with Crippen LogP contribution in [0.1, 0.15) is 41.2 Å². The van der Waals surface area contributed by atoms with Crippen molar-refractivity contribution < 1.29 is 14.7 Å². The van der Waals surface area contributed by atoms with Gasteiger partial charge in [-0.15, -0.1) is 11.3 Å². The summed E-state index contributed by atoms with van der Waals surface area (Å²) in [4.78, 5) is 26.4. The fourth-order valence-corrected chi connectivity index (χ4v) is 3.39. The molecule has 0 spiro atoms. The summed E-state index contributed by atoms with van der Waals surface area (Å²) in [6.45, 7) is 1.01. The Kier molecular flexibility index (Phi) is 4.10. The molecule has 2 fully saturated rings. The molecule has 7 heteroatoms. The van der Waals surface area contributed by atoms with E-state index in [2.05, 4.69) is 15.6 Å². The molecule has 2 amide bonds. The number of carbonyl (C=O) groups excluding carboxylic acids is 1. The maximum absolute atomic E-state index is 11.8. The number of nitrogens with zero attached hydrogens (tertiary/aromatic N) is 1. The SMILES string of the molecule is O=C(NCc1nc(C(=O)O)cs1)NCC(C1CC1)C1CC1. The first-order chi connectivity index (χ1) is 10.1. The number of carboxylic acid groups (broad SMARTS) is 1. The van der Waals surface area contributed by atoms with Crippen molar-refractivity contribution in [3.8, 4) is 0 Å². The first-order valence-corrected chi connectivity index (χ1v) is 8.21. The second-order valence-electron chi connectivity index (χ2n) is 5.83. The molecule has 1 aromatic heterocycles. The molecule has 0 atom stereocenters. The third-order valence-electron chi connectivity index (χ3n) is 4.12. The van der Waals surface area contributed by atoms with Crippen LogP contribution in [0, 0.1) is 17.8 Å². The standard InChI is InChI=1S/C14H19N3O3S/c18-13(19)11-7-21-12(17-11)6-16-14(20)15-5-10(8-1-2-8)9-3-4-9/h7-10H,1-6H2,(H,18,19)(H2,15,16,20). The van der Waals surface area contributed by atoms with Crippen molar-refractivity contribution in [2.24, 2.45) is 17.8 Å². The zero-order valence-corrected chi connectivity index (χ0v) is 12.5. The van der Waals surface area contributed by atoms with Gasteiger partial charge in [-0.05, 0) is 43.4 Å². The summed E-state index contributed by atoms with van der Waals surface area (Å²) >= 11 is 1.24. The second kappa shape index (κ2) is 6.01. The largest absolute Gasteiger partial charge is 0.476 e. The van der Waals surface area contributed by atoms with E-state index in [9.17, 15) is 9.59 Å². The van der Waals surface area contributed by atoms with E-state index in [-0.39, 0.29) is 18.3 Å². The van der Waals surface area contributed by atoms with Gasteiger partial charge in [0, 0.05) is 11.9 Å². The third kappa shape index (κ3) is 3.93. The topological polar surface area (TPSA) is 91.3 Å². The molecule has 1 aromatic rings. The number of aromatic carboxylic acids is 1. The van der Waals surface area contributed by atoms with E-state index in [4.69, 9.17) is 5.11 Å². The predicted octanol–water partition coefficient (Wildman–Crippen LogP) is 2.08. The van der Waals surface area contributed by atoms with Crippen LogP contribution in [0.4, 0.5) is 4.79 Å². The van der Waals surface area contributed by atoms with Gasteiger partial charge in [0.05, 0.1) is 6.54 Å². The summed E-state index contributed by atoms with van der Waals surface area (Å²) < 4.78 is 0. The van der Waals surface area contributed by atoms with Crippen molar-refractivity contribution in [3.05, 3.63) is 16.1 Å². The van der Waals surface area contributed by atoms with Crippen molar-refractivity contribution in [1.29, 1.82) is 0 Å². The maximum Gasteiger partial charge on any atom is 0.355 e. The van der Waals surface area contributed by atoms with Crippen LogP contribution in [-0.4, -0.2) is 28.6 Å². The van der Waals surface area contributed by atoms with Gasteiger partial charge in [-0.3, -0.25) is 0 Å². The molecule has 0 aromatic carbocycles. The smallest absolute Gasteiger partial charge is 0.355 e. The highest BCUT2D eigenvalue weighted by molar-refractivity contribution is 7.09. The lowest BCUT2D eigenvalue weighted by Gasteiger charge is -2.16. The summed E-state index contributed by atoms with van der Waals surface area (Å²) in [6, 6.07) is -0.201. The number of carbonyl (C=O) groups is 2. The molecule has 0 aliphatic heterocycles. The van der Waals surface area contributed by atoms with Gasteiger partial charge >= 0.3 is 12.0 Å². The summed E-state index contributed by atoms with van der Waals surface area (Å²) in [7, 11) is 0. The fourth-order valence-electron chi connectivity index (χ4n) is 2.69. The van der Waals surface area contributed by atoms with Crippen LogP contribution in [0.2, 0.25) is 0 Å². The number of thiazole rings is 1. The van der Waals surface area contributed by atoms with Crippen LogP contribution >= 0.6 is 11.3 Å². The highest BCUT2D eigenvalue weighted by Gasteiger charge is 2.41. The Labute approximate surface area is 127 Å². The van der Waals surface area contributed by atoms with Gasteiger partial charge in [-0.1, -0.05) is 0 Å². The Bertz CT molecular complexity index is 525. The van der Waals surface area contributed by atoms with Crippen molar-refractivity contribution >= 4 is 23.3 Å². The van der Waals surface area contributed by atoms with E-state index in [0.29, 0.717) is 10.9 Å². The normalized spacial score (nSPS) is 17.8. The van der Waals surface area contributed by atoms with Crippen LogP contribution in [0.25, 0.3) is 0 Å². The number of carboxylic acids is 1. The monoisotopic (exact) mass is 309 g/mol. The zero-order chi connectivity index (χ0) is 14.8. The molecule has 21 heavy (non-hydrogen) atoms. The molecule has 3 rings (SSSR count). The summed E-state index contributed by atoms with van der Waals surface area (Å²) in [5.74, 6) is 1.23. The van der Waals surface area contributed by atoms with Crippen molar-refractivity contribution in [2.45, 2.75) is 32.2 Å². The maximum atomic E-state index is 11.8. The molecular formula is C14H19N3O3S. The Morgan fingerprint density at radius 2 is 1.95 bits per heavy atom. The van der Waals surface area contributed by atoms with Crippen LogP contribution < -0.4 is 10.6 Å². The summed E-state index contributed by atoms with van der Waals surface area (Å²) in [6.07, 6.45) is 5.23. The Morgan fingerprint density at radius 3 is 2.48 bits per heavy atom. The summed E-state index contributed by atoms with van der Waals surface area (Å²) in [5.41, 5.74) is 0.0275. The second-order valence-corrected chi connectivity index (χ2v) is 6.78. The molecule has 0 saturated heterocycles. The van der Waals surface area contributed by atoms with E-state index in [1.165, 1.54) is 42.4 Å². The van der Waals surface area contributed by atoms with E-state index in [1.807, 2.05) is 0 Å². The number of aromatic nitrogens is 1.